The van der Waals surface area contributed by atoms with E-state index in [1.54, 1.807) is 12.1 Å². The SMILES string of the molecule is Oc1ccc(CC2CCNCC2)c(F)c1Br. The molecule has 0 saturated carbocycles. The summed E-state index contributed by atoms with van der Waals surface area (Å²) in [6.07, 6.45) is 2.95. The summed E-state index contributed by atoms with van der Waals surface area (Å²) in [6, 6.07) is 3.22. The Kier molecular flexibility index (Phi) is 3.82. The Morgan fingerprint density at radius 1 is 1.38 bits per heavy atom. The Balaban J connectivity index is 2.11. The highest BCUT2D eigenvalue weighted by atomic mass is 79.9. The van der Waals surface area contributed by atoms with Crippen LogP contribution in [0.25, 0.3) is 0 Å². The Bertz CT molecular complexity index is 378. The lowest BCUT2D eigenvalue weighted by molar-refractivity contribution is 0.367. The van der Waals surface area contributed by atoms with Gasteiger partial charge >= 0.3 is 0 Å². The molecule has 0 aromatic heterocycles. The molecular formula is C12H15BrFNO. The van der Waals surface area contributed by atoms with Gasteiger partial charge in [-0.25, -0.2) is 4.39 Å². The highest BCUT2D eigenvalue weighted by Gasteiger charge is 2.17. The van der Waals surface area contributed by atoms with Gasteiger partial charge in [0.2, 0.25) is 0 Å². The highest BCUT2D eigenvalue weighted by molar-refractivity contribution is 9.10. The summed E-state index contributed by atoms with van der Waals surface area (Å²) >= 11 is 3.06. The molecule has 1 aromatic carbocycles. The van der Waals surface area contributed by atoms with Crippen LogP contribution in [-0.2, 0) is 6.42 Å². The van der Waals surface area contributed by atoms with Crippen LogP contribution in [0.5, 0.6) is 5.75 Å². The van der Waals surface area contributed by atoms with E-state index in [4.69, 9.17) is 0 Å². The number of rotatable bonds is 2. The van der Waals surface area contributed by atoms with Gasteiger partial charge in [-0.05, 0) is 65.8 Å². The summed E-state index contributed by atoms with van der Waals surface area (Å²) in [5, 5.41) is 12.6. The van der Waals surface area contributed by atoms with E-state index in [1.807, 2.05) is 0 Å². The van der Waals surface area contributed by atoms with E-state index in [-0.39, 0.29) is 16.0 Å². The fraction of sp³-hybridized carbons (Fsp3) is 0.500. The molecule has 0 radical (unpaired) electrons. The molecular weight excluding hydrogens is 273 g/mol. The number of phenolic OH excluding ortho intramolecular Hbond substituents is 1. The Morgan fingerprint density at radius 3 is 2.75 bits per heavy atom. The van der Waals surface area contributed by atoms with Crippen molar-refractivity contribution in [2.24, 2.45) is 5.92 Å². The van der Waals surface area contributed by atoms with Crippen LogP contribution in [0.15, 0.2) is 16.6 Å². The largest absolute Gasteiger partial charge is 0.507 e. The molecule has 0 aliphatic carbocycles. The van der Waals surface area contributed by atoms with E-state index in [9.17, 15) is 9.50 Å². The van der Waals surface area contributed by atoms with Crippen molar-refractivity contribution in [1.29, 1.82) is 0 Å². The maximum Gasteiger partial charge on any atom is 0.144 e. The number of nitrogens with one attached hydrogen (secondary N) is 1. The maximum absolute atomic E-state index is 13.8. The van der Waals surface area contributed by atoms with E-state index in [2.05, 4.69) is 21.2 Å². The van der Waals surface area contributed by atoms with Crippen LogP contribution in [0.2, 0.25) is 0 Å². The molecule has 0 atom stereocenters. The van der Waals surface area contributed by atoms with Crippen molar-refractivity contribution in [3.63, 3.8) is 0 Å². The zero-order chi connectivity index (χ0) is 11.5. The molecule has 2 N–H and O–H groups in total. The van der Waals surface area contributed by atoms with E-state index < -0.39 is 0 Å². The van der Waals surface area contributed by atoms with Crippen molar-refractivity contribution in [3.8, 4) is 5.75 Å². The van der Waals surface area contributed by atoms with Gasteiger partial charge in [0.05, 0.1) is 4.47 Å². The minimum Gasteiger partial charge on any atom is -0.507 e. The quantitative estimate of drug-likeness (QED) is 0.877. The zero-order valence-electron chi connectivity index (χ0n) is 8.97. The Morgan fingerprint density at radius 2 is 2.06 bits per heavy atom. The van der Waals surface area contributed by atoms with Crippen LogP contribution in [-0.4, -0.2) is 18.2 Å². The number of hydrogen-bond acceptors (Lipinski definition) is 2. The van der Waals surface area contributed by atoms with Crippen molar-refractivity contribution in [1.82, 2.24) is 5.32 Å². The summed E-state index contributed by atoms with van der Waals surface area (Å²) < 4.78 is 14.0. The molecule has 1 aliphatic heterocycles. The monoisotopic (exact) mass is 287 g/mol. The number of aromatic hydroxyl groups is 1. The van der Waals surface area contributed by atoms with Gasteiger partial charge < -0.3 is 10.4 Å². The van der Waals surface area contributed by atoms with Crippen LogP contribution >= 0.6 is 15.9 Å². The van der Waals surface area contributed by atoms with Gasteiger partial charge in [0, 0.05) is 0 Å². The number of piperidine rings is 1. The highest BCUT2D eigenvalue weighted by Crippen LogP contribution is 2.30. The molecule has 0 bridgehead atoms. The molecule has 1 fully saturated rings. The standard InChI is InChI=1S/C12H15BrFNO/c13-11-10(16)2-1-9(12(11)14)7-8-3-5-15-6-4-8/h1-2,8,15-16H,3-7H2. The molecule has 1 aliphatic rings. The van der Waals surface area contributed by atoms with Crippen molar-refractivity contribution in [3.05, 3.63) is 28.0 Å². The second-order valence-corrected chi connectivity index (χ2v) is 5.06. The molecule has 2 rings (SSSR count). The smallest absolute Gasteiger partial charge is 0.144 e. The number of benzene rings is 1. The lowest BCUT2D eigenvalue weighted by Crippen LogP contribution is -2.28. The predicted octanol–water partition coefficient (Wildman–Crippen LogP) is 2.84. The topological polar surface area (TPSA) is 32.3 Å². The lowest BCUT2D eigenvalue weighted by atomic mass is 9.91. The van der Waals surface area contributed by atoms with Gasteiger partial charge in [0.1, 0.15) is 11.6 Å². The normalized spacial score (nSPS) is 17.6. The fourth-order valence-electron chi connectivity index (χ4n) is 2.13. The molecule has 0 spiro atoms. The van der Waals surface area contributed by atoms with Crippen LogP contribution in [0.1, 0.15) is 18.4 Å². The third kappa shape index (κ3) is 2.55. The van der Waals surface area contributed by atoms with Gasteiger partial charge in [0.15, 0.2) is 0 Å². The average Bonchev–Trinajstić information content (AvgIpc) is 2.31. The summed E-state index contributed by atoms with van der Waals surface area (Å²) in [4.78, 5) is 0. The molecule has 88 valence electrons. The van der Waals surface area contributed by atoms with Crippen molar-refractivity contribution in [2.45, 2.75) is 19.3 Å². The van der Waals surface area contributed by atoms with E-state index >= 15 is 0 Å². The summed E-state index contributed by atoms with van der Waals surface area (Å²) in [7, 11) is 0. The van der Waals surface area contributed by atoms with E-state index in [0.717, 1.165) is 32.4 Å². The van der Waals surface area contributed by atoms with Crippen molar-refractivity contribution in [2.75, 3.05) is 13.1 Å². The first kappa shape index (κ1) is 11.9. The summed E-state index contributed by atoms with van der Waals surface area (Å²) in [5.41, 5.74) is 0.691. The third-order valence-electron chi connectivity index (χ3n) is 3.11. The first-order valence-corrected chi connectivity index (χ1v) is 6.34. The van der Waals surface area contributed by atoms with E-state index in [1.165, 1.54) is 0 Å². The zero-order valence-corrected chi connectivity index (χ0v) is 10.6. The number of halogens is 2. The number of hydrogen-bond donors (Lipinski definition) is 2. The van der Waals surface area contributed by atoms with Gasteiger partial charge in [-0.15, -0.1) is 0 Å². The third-order valence-corrected chi connectivity index (χ3v) is 3.86. The molecule has 0 amide bonds. The second-order valence-electron chi connectivity index (χ2n) is 4.27. The maximum atomic E-state index is 13.8. The van der Waals surface area contributed by atoms with Crippen molar-refractivity contribution < 1.29 is 9.50 Å². The van der Waals surface area contributed by atoms with Crippen molar-refractivity contribution >= 4 is 15.9 Å². The molecule has 16 heavy (non-hydrogen) atoms. The minimum absolute atomic E-state index is 0.0356. The van der Waals surface area contributed by atoms with Crippen LogP contribution in [0.4, 0.5) is 4.39 Å². The van der Waals surface area contributed by atoms with Gasteiger partial charge in [0.25, 0.3) is 0 Å². The summed E-state index contributed by atoms with van der Waals surface area (Å²) in [6.45, 7) is 2.04. The number of phenols is 1. The van der Waals surface area contributed by atoms with Crippen LogP contribution in [0, 0.1) is 11.7 Å². The lowest BCUT2D eigenvalue weighted by Gasteiger charge is -2.22. The minimum atomic E-state index is -0.321. The summed E-state index contributed by atoms with van der Waals surface area (Å²) in [5.74, 6) is 0.192. The fourth-order valence-corrected chi connectivity index (χ4v) is 2.52. The molecule has 1 heterocycles. The van der Waals surface area contributed by atoms with Gasteiger partial charge in [-0.3, -0.25) is 0 Å². The second kappa shape index (κ2) is 5.15. The first-order valence-electron chi connectivity index (χ1n) is 5.55. The predicted molar refractivity (Wildman–Crippen MR) is 65.1 cm³/mol. The van der Waals surface area contributed by atoms with Gasteiger partial charge in [-0.2, -0.15) is 0 Å². The average molecular weight is 288 g/mol. The van der Waals surface area contributed by atoms with Crippen LogP contribution < -0.4 is 5.32 Å². The Labute approximate surface area is 103 Å². The van der Waals surface area contributed by atoms with Crippen LogP contribution in [0.3, 0.4) is 0 Å². The molecule has 0 unspecified atom stereocenters. The Hall–Kier alpha value is -0.610. The van der Waals surface area contributed by atoms with Gasteiger partial charge in [-0.1, -0.05) is 6.07 Å². The first-order chi connectivity index (χ1) is 7.68. The molecule has 4 heteroatoms. The van der Waals surface area contributed by atoms with E-state index in [0.29, 0.717) is 11.5 Å². The molecule has 1 saturated heterocycles. The molecule has 1 aromatic rings. The molecule has 2 nitrogen and oxygen atoms in total.